The second-order valence-electron chi connectivity index (χ2n) is 6.92. The molecule has 1 amide bonds. The Kier molecular flexibility index (Phi) is 7.82. The fourth-order valence-corrected chi connectivity index (χ4v) is 3.30. The number of rotatable bonds is 5. The molecule has 0 atom stereocenters. The molecule has 1 aliphatic heterocycles. The quantitative estimate of drug-likeness (QED) is 0.422. The van der Waals surface area contributed by atoms with Crippen LogP contribution in [0.3, 0.4) is 0 Å². The predicted molar refractivity (Wildman–Crippen MR) is 111 cm³/mol. The van der Waals surface area contributed by atoms with Gasteiger partial charge in [-0.3, -0.25) is 15.0 Å². The number of esters is 1. The molecule has 2 aromatic rings. The number of likely N-dealkylation sites (tertiary alicyclic amines) is 1. The normalized spacial score (nSPS) is 14.0. The molecular formula is C20H23ClFN5O3. The van der Waals surface area contributed by atoms with Gasteiger partial charge in [-0.15, -0.1) is 12.4 Å². The number of nitrogens with one attached hydrogen (secondary N) is 1. The van der Waals surface area contributed by atoms with E-state index < -0.39 is 5.82 Å². The van der Waals surface area contributed by atoms with Crippen LogP contribution in [0.1, 0.15) is 35.4 Å². The Bertz CT molecular complexity index is 931. The van der Waals surface area contributed by atoms with Crippen molar-refractivity contribution in [3.63, 3.8) is 0 Å². The first-order valence-corrected chi connectivity index (χ1v) is 9.21. The maximum Gasteiger partial charge on any atom is 0.305 e. The molecular weight excluding hydrogens is 413 g/mol. The molecule has 1 aromatic carbocycles. The summed E-state index contributed by atoms with van der Waals surface area (Å²) in [5.41, 5.74) is 6.42. The molecule has 1 aliphatic rings. The van der Waals surface area contributed by atoms with Crippen LogP contribution < -0.4 is 5.73 Å². The number of benzene rings is 1. The van der Waals surface area contributed by atoms with Crippen molar-refractivity contribution in [2.24, 2.45) is 11.7 Å². The number of nitrogen functional groups attached to an aromatic ring is 1. The smallest absolute Gasteiger partial charge is 0.305 e. The van der Waals surface area contributed by atoms with Crippen molar-refractivity contribution in [1.82, 2.24) is 14.9 Å². The maximum absolute atomic E-state index is 14.0. The van der Waals surface area contributed by atoms with E-state index in [2.05, 4.69) is 9.97 Å². The third-order valence-corrected chi connectivity index (χ3v) is 5.02. The highest BCUT2D eigenvalue weighted by molar-refractivity contribution is 5.95. The molecule has 1 fully saturated rings. The van der Waals surface area contributed by atoms with Gasteiger partial charge in [0.25, 0.3) is 5.91 Å². The van der Waals surface area contributed by atoms with Crippen LogP contribution in [0.4, 0.5) is 4.39 Å². The first kappa shape index (κ1) is 23.2. The van der Waals surface area contributed by atoms with Gasteiger partial charge in [-0.1, -0.05) is 6.07 Å². The average molecular weight is 436 g/mol. The number of nitrogens with zero attached hydrogens (tertiary/aromatic N) is 3. The third kappa shape index (κ3) is 5.29. The average Bonchev–Trinajstić information content (AvgIpc) is 2.73. The molecule has 8 nitrogen and oxygen atoms in total. The summed E-state index contributed by atoms with van der Waals surface area (Å²) in [5.74, 6) is -1.18. The highest BCUT2D eigenvalue weighted by Crippen LogP contribution is 2.23. The second kappa shape index (κ2) is 10.1. The Balaban J connectivity index is 0.00000320. The van der Waals surface area contributed by atoms with Crippen LogP contribution in [-0.2, 0) is 9.53 Å². The number of hydrogen-bond donors (Lipinski definition) is 2. The van der Waals surface area contributed by atoms with Gasteiger partial charge in [0.15, 0.2) is 0 Å². The number of aromatic nitrogens is 2. The number of nitrogens with two attached hydrogens (primary N) is 1. The summed E-state index contributed by atoms with van der Waals surface area (Å²) in [4.78, 5) is 33.9. The van der Waals surface area contributed by atoms with Crippen molar-refractivity contribution >= 4 is 30.1 Å². The zero-order valence-electron chi connectivity index (χ0n) is 16.4. The molecule has 0 unspecified atom stereocenters. The van der Waals surface area contributed by atoms with E-state index in [1.807, 2.05) is 0 Å². The lowest BCUT2D eigenvalue weighted by Gasteiger charge is -2.31. The fraction of sp³-hybridized carbons (Fsp3) is 0.350. The zero-order valence-corrected chi connectivity index (χ0v) is 17.2. The number of methoxy groups -OCH3 is 1. The van der Waals surface area contributed by atoms with Crippen LogP contribution in [0.15, 0.2) is 30.6 Å². The van der Waals surface area contributed by atoms with E-state index in [1.54, 1.807) is 11.0 Å². The summed E-state index contributed by atoms with van der Waals surface area (Å²) in [6.07, 6.45) is 4.74. The Morgan fingerprint density at radius 2 is 1.87 bits per heavy atom. The molecule has 3 rings (SSSR count). The Morgan fingerprint density at radius 1 is 1.23 bits per heavy atom. The first-order chi connectivity index (χ1) is 13.9. The van der Waals surface area contributed by atoms with Crippen LogP contribution in [0, 0.1) is 17.1 Å². The van der Waals surface area contributed by atoms with Crippen molar-refractivity contribution in [1.29, 1.82) is 5.41 Å². The van der Waals surface area contributed by atoms with E-state index in [0.29, 0.717) is 30.6 Å². The highest BCUT2D eigenvalue weighted by atomic mass is 35.5. The Hall–Kier alpha value is -3.07. The number of amides is 1. The number of carbonyl (C=O) groups is 2. The SMILES string of the molecule is COC(=O)CC1CCN(C(=O)c2ncc(-c3ccc(C(=N)N)c(F)c3)cn2)CC1.Cl. The minimum atomic E-state index is -0.607. The van der Waals surface area contributed by atoms with Crippen molar-refractivity contribution in [2.75, 3.05) is 20.2 Å². The summed E-state index contributed by atoms with van der Waals surface area (Å²) in [6.45, 7) is 1.06. The highest BCUT2D eigenvalue weighted by Gasteiger charge is 2.26. The zero-order chi connectivity index (χ0) is 21.0. The molecule has 0 radical (unpaired) electrons. The van der Waals surface area contributed by atoms with Gasteiger partial charge in [-0.2, -0.15) is 0 Å². The van der Waals surface area contributed by atoms with Crippen LogP contribution in [0.25, 0.3) is 11.1 Å². The van der Waals surface area contributed by atoms with Crippen LogP contribution in [-0.4, -0.2) is 52.8 Å². The molecule has 0 saturated carbocycles. The number of hydrogen-bond acceptors (Lipinski definition) is 6. The number of piperidine rings is 1. The molecule has 1 aromatic heterocycles. The molecule has 1 saturated heterocycles. The largest absolute Gasteiger partial charge is 0.469 e. The summed E-state index contributed by atoms with van der Waals surface area (Å²) < 4.78 is 18.7. The van der Waals surface area contributed by atoms with Crippen molar-refractivity contribution < 1.29 is 18.7 Å². The molecule has 0 aliphatic carbocycles. The minimum absolute atomic E-state index is 0. The van der Waals surface area contributed by atoms with Gasteiger partial charge in [-0.25, -0.2) is 14.4 Å². The summed E-state index contributed by atoms with van der Waals surface area (Å²) in [7, 11) is 1.37. The number of amidine groups is 1. The van der Waals surface area contributed by atoms with Gasteiger partial charge in [0.2, 0.25) is 5.82 Å². The molecule has 160 valence electrons. The summed E-state index contributed by atoms with van der Waals surface area (Å²) >= 11 is 0. The van der Waals surface area contributed by atoms with Gasteiger partial charge in [0.05, 0.1) is 12.7 Å². The van der Waals surface area contributed by atoms with Gasteiger partial charge < -0.3 is 15.4 Å². The lowest BCUT2D eigenvalue weighted by atomic mass is 9.93. The van der Waals surface area contributed by atoms with Gasteiger partial charge in [0, 0.05) is 37.5 Å². The van der Waals surface area contributed by atoms with E-state index in [-0.39, 0.29) is 47.4 Å². The Morgan fingerprint density at radius 3 is 2.40 bits per heavy atom. The minimum Gasteiger partial charge on any atom is -0.469 e. The summed E-state index contributed by atoms with van der Waals surface area (Å²) in [6, 6.07) is 4.29. The standard InChI is InChI=1S/C20H22FN5O3.ClH/c1-29-17(27)8-12-4-6-26(7-5-12)20(28)19-24-10-14(11-25-19)13-2-3-15(18(22)23)16(21)9-13;/h2-3,9-12H,4-8H2,1H3,(H3,22,23);1H. The molecule has 0 spiro atoms. The second-order valence-corrected chi connectivity index (χ2v) is 6.92. The third-order valence-electron chi connectivity index (χ3n) is 5.02. The van der Waals surface area contributed by atoms with Gasteiger partial charge >= 0.3 is 5.97 Å². The molecule has 2 heterocycles. The van der Waals surface area contributed by atoms with E-state index >= 15 is 0 Å². The fourth-order valence-electron chi connectivity index (χ4n) is 3.30. The Labute approximate surface area is 179 Å². The molecule has 3 N–H and O–H groups in total. The van der Waals surface area contributed by atoms with Crippen molar-refractivity contribution in [3.8, 4) is 11.1 Å². The van der Waals surface area contributed by atoms with Crippen LogP contribution in [0.2, 0.25) is 0 Å². The van der Waals surface area contributed by atoms with Gasteiger partial charge in [0.1, 0.15) is 11.7 Å². The van der Waals surface area contributed by atoms with Crippen molar-refractivity contribution in [3.05, 3.63) is 47.8 Å². The molecule has 30 heavy (non-hydrogen) atoms. The van der Waals surface area contributed by atoms with E-state index in [1.165, 1.54) is 31.6 Å². The van der Waals surface area contributed by atoms with Gasteiger partial charge in [-0.05, 0) is 36.5 Å². The molecule has 10 heteroatoms. The number of ether oxygens (including phenoxy) is 1. The van der Waals surface area contributed by atoms with E-state index in [0.717, 1.165) is 12.8 Å². The monoisotopic (exact) mass is 435 g/mol. The van der Waals surface area contributed by atoms with E-state index in [9.17, 15) is 14.0 Å². The topological polar surface area (TPSA) is 122 Å². The predicted octanol–water partition coefficient (Wildman–Crippen LogP) is 2.40. The first-order valence-electron chi connectivity index (χ1n) is 9.21. The molecule has 0 bridgehead atoms. The van der Waals surface area contributed by atoms with E-state index in [4.69, 9.17) is 15.9 Å². The lowest BCUT2D eigenvalue weighted by Crippen LogP contribution is -2.39. The van der Waals surface area contributed by atoms with Crippen LogP contribution >= 0.6 is 12.4 Å². The number of halogens is 2. The van der Waals surface area contributed by atoms with Crippen LogP contribution in [0.5, 0.6) is 0 Å². The van der Waals surface area contributed by atoms with Crippen molar-refractivity contribution in [2.45, 2.75) is 19.3 Å². The summed E-state index contributed by atoms with van der Waals surface area (Å²) in [5, 5.41) is 7.33. The lowest BCUT2D eigenvalue weighted by molar-refractivity contribution is -0.142. The number of carbonyl (C=O) groups excluding carboxylic acids is 2. The maximum atomic E-state index is 14.0.